The van der Waals surface area contributed by atoms with Crippen molar-refractivity contribution in [2.45, 2.75) is 13.5 Å². The van der Waals surface area contributed by atoms with Gasteiger partial charge in [0.2, 0.25) is 0 Å². The van der Waals surface area contributed by atoms with Crippen LogP contribution in [-0.2, 0) is 11.3 Å². The number of rotatable bonds is 4. The van der Waals surface area contributed by atoms with Crippen LogP contribution >= 0.6 is 11.3 Å². The Hall–Kier alpha value is -0.870. The number of carbonyl (C=O) groups excluding carboxylic acids is 1. The summed E-state index contributed by atoms with van der Waals surface area (Å²) in [6.07, 6.45) is 0. The molecule has 0 bridgehead atoms. The number of thiophene rings is 1. The van der Waals surface area contributed by atoms with E-state index in [0.29, 0.717) is 18.7 Å². The van der Waals surface area contributed by atoms with Crippen molar-refractivity contribution in [2.75, 3.05) is 13.7 Å². The first-order valence-electron chi connectivity index (χ1n) is 4.16. The van der Waals surface area contributed by atoms with Crippen molar-refractivity contribution in [1.29, 1.82) is 0 Å². The molecule has 0 atom stereocenters. The van der Waals surface area contributed by atoms with E-state index in [1.54, 1.807) is 0 Å². The summed E-state index contributed by atoms with van der Waals surface area (Å²) < 4.78 is 4.91. The van der Waals surface area contributed by atoms with Crippen LogP contribution < -0.4 is 5.32 Å². The van der Waals surface area contributed by atoms with Gasteiger partial charge in [0.05, 0.1) is 12.2 Å². The van der Waals surface area contributed by atoms with Gasteiger partial charge in [-0.25, -0.2) is 4.79 Å². The molecule has 72 valence electrons. The summed E-state index contributed by atoms with van der Waals surface area (Å²) in [4.78, 5) is 11.4. The molecule has 0 aliphatic rings. The van der Waals surface area contributed by atoms with Crippen molar-refractivity contribution in [3.05, 3.63) is 21.9 Å². The predicted octanol–water partition coefficient (Wildman–Crippen LogP) is 1.64. The Labute approximate surface area is 81.7 Å². The SMILES string of the molecule is CCOC(=O)c1cscc1CNC. The number of ether oxygens (including phenoxy) is 1. The standard InChI is InChI=1S/C9H13NO2S/c1-3-12-9(11)8-6-13-5-7(8)4-10-2/h5-6,10H,3-4H2,1-2H3. The van der Waals surface area contributed by atoms with Crippen LogP contribution in [0.3, 0.4) is 0 Å². The van der Waals surface area contributed by atoms with E-state index in [0.717, 1.165) is 5.56 Å². The zero-order valence-electron chi connectivity index (χ0n) is 7.79. The fraction of sp³-hybridized carbons (Fsp3) is 0.444. The summed E-state index contributed by atoms with van der Waals surface area (Å²) in [6, 6.07) is 0. The maximum Gasteiger partial charge on any atom is 0.339 e. The average Bonchev–Trinajstić information content (AvgIpc) is 2.54. The molecule has 0 radical (unpaired) electrons. The number of hydrogen-bond acceptors (Lipinski definition) is 4. The van der Waals surface area contributed by atoms with Crippen LogP contribution in [0.1, 0.15) is 22.8 Å². The van der Waals surface area contributed by atoms with Gasteiger partial charge >= 0.3 is 5.97 Å². The van der Waals surface area contributed by atoms with Gasteiger partial charge in [0, 0.05) is 11.9 Å². The Morgan fingerprint density at radius 1 is 1.62 bits per heavy atom. The van der Waals surface area contributed by atoms with E-state index in [1.807, 2.05) is 24.7 Å². The molecule has 1 heterocycles. The lowest BCUT2D eigenvalue weighted by molar-refractivity contribution is 0.0525. The minimum atomic E-state index is -0.228. The quantitative estimate of drug-likeness (QED) is 0.749. The van der Waals surface area contributed by atoms with Crippen molar-refractivity contribution < 1.29 is 9.53 Å². The minimum Gasteiger partial charge on any atom is -0.462 e. The Kier molecular flexibility index (Phi) is 3.92. The van der Waals surface area contributed by atoms with Crippen molar-refractivity contribution >= 4 is 17.3 Å². The molecule has 1 rings (SSSR count). The lowest BCUT2D eigenvalue weighted by Crippen LogP contribution is -2.11. The number of carbonyl (C=O) groups is 1. The first kappa shape index (κ1) is 10.2. The topological polar surface area (TPSA) is 38.3 Å². The van der Waals surface area contributed by atoms with Gasteiger partial charge in [-0.05, 0) is 24.9 Å². The monoisotopic (exact) mass is 199 g/mol. The molecule has 0 aliphatic heterocycles. The van der Waals surface area contributed by atoms with Crippen LogP contribution in [0.4, 0.5) is 0 Å². The van der Waals surface area contributed by atoms with E-state index >= 15 is 0 Å². The molecule has 0 unspecified atom stereocenters. The first-order chi connectivity index (χ1) is 6.29. The van der Waals surface area contributed by atoms with Gasteiger partial charge in [0.15, 0.2) is 0 Å². The number of esters is 1. The fourth-order valence-electron chi connectivity index (χ4n) is 1.04. The Morgan fingerprint density at radius 2 is 2.38 bits per heavy atom. The van der Waals surface area contributed by atoms with Crippen LogP contribution in [-0.4, -0.2) is 19.6 Å². The van der Waals surface area contributed by atoms with Gasteiger partial charge in [-0.15, -0.1) is 0 Å². The smallest absolute Gasteiger partial charge is 0.339 e. The minimum absolute atomic E-state index is 0.228. The molecule has 0 aromatic carbocycles. The van der Waals surface area contributed by atoms with Gasteiger partial charge in [0.1, 0.15) is 0 Å². The number of nitrogens with one attached hydrogen (secondary N) is 1. The van der Waals surface area contributed by atoms with Gasteiger partial charge in [-0.2, -0.15) is 11.3 Å². The fourth-order valence-corrected chi connectivity index (χ4v) is 1.87. The van der Waals surface area contributed by atoms with Crippen molar-refractivity contribution in [3.8, 4) is 0 Å². The molecule has 1 N–H and O–H groups in total. The normalized spacial score (nSPS) is 10.0. The van der Waals surface area contributed by atoms with Gasteiger partial charge in [-0.3, -0.25) is 0 Å². The molecule has 0 fully saturated rings. The molecule has 0 spiro atoms. The van der Waals surface area contributed by atoms with Gasteiger partial charge < -0.3 is 10.1 Å². The van der Waals surface area contributed by atoms with Crippen LogP contribution in [0.25, 0.3) is 0 Å². The Bertz CT molecular complexity index is 283. The van der Waals surface area contributed by atoms with E-state index in [4.69, 9.17) is 4.74 Å². The Balaban J connectivity index is 2.74. The Morgan fingerprint density at radius 3 is 3.00 bits per heavy atom. The van der Waals surface area contributed by atoms with Crippen molar-refractivity contribution in [2.24, 2.45) is 0 Å². The lowest BCUT2D eigenvalue weighted by Gasteiger charge is -2.02. The summed E-state index contributed by atoms with van der Waals surface area (Å²) in [5.74, 6) is -0.228. The third-order valence-corrected chi connectivity index (χ3v) is 2.40. The highest BCUT2D eigenvalue weighted by Crippen LogP contribution is 2.15. The molecule has 0 saturated heterocycles. The molecule has 0 amide bonds. The van der Waals surface area contributed by atoms with Crippen LogP contribution in [0, 0.1) is 0 Å². The van der Waals surface area contributed by atoms with Crippen LogP contribution in [0.15, 0.2) is 10.8 Å². The van der Waals surface area contributed by atoms with Crippen LogP contribution in [0.2, 0.25) is 0 Å². The van der Waals surface area contributed by atoms with E-state index < -0.39 is 0 Å². The third kappa shape index (κ3) is 2.54. The van der Waals surface area contributed by atoms with E-state index in [1.165, 1.54) is 11.3 Å². The molecular weight excluding hydrogens is 186 g/mol. The maximum atomic E-state index is 11.4. The molecular formula is C9H13NO2S. The highest BCUT2D eigenvalue weighted by atomic mass is 32.1. The molecule has 1 aromatic heterocycles. The maximum absolute atomic E-state index is 11.4. The van der Waals surface area contributed by atoms with Gasteiger partial charge in [-0.1, -0.05) is 0 Å². The second-order valence-corrected chi connectivity index (χ2v) is 3.31. The van der Waals surface area contributed by atoms with Gasteiger partial charge in [0.25, 0.3) is 0 Å². The zero-order chi connectivity index (χ0) is 9.68. The molecule has 0 saturated carbocycles. The van der Waals surface area contributed by atoms with E-state index in [2.05, 4.69) is 5.32 Å². The third-order valence-electron chi connectivity index (χ3n) is 1.60. The van der Waals surface area contributed by atoms with Crippen molar-refractivity contribution in [3.63, 3.8) is 0 Å². The summed E-state index contributed by atoms with van der Waals surface area (Å²) >= 11 is 1.52. The summed E-state index contributed by atoms with van der Waals surface area (Å²) in [6.45, 7) is 2.94. The molecule has 0 aliphatic carbocycles. The zero-order valence-corrected chi connectivity index (χ0v) is 8.61. The highest BCUT2D eigenvalue weighted by Gasteiger charge is 2.12. The molecule has 13 heavy (non-hydrogen) atoms. The predicted molar refractivity (Wildman–Crippen MR) is 53.0 cm³/mol. The molecule has 3 nitrogen and oxygen atoms in total. The lowest BCUT2D eigenvalue weighted by atomic mass is 10.2. The summed E-state index contributed by atoms with van der Waals surface area (Å²) in [7, 11) is 1.85. The van der Waals surface area contributed by atoms with E-state index in [9.17, 15) is 4.79 Å². The summed E-state index contributed by atoms with van der Waals surface area (Å²) in [5.41, 5.74) is 1.69. The number of hydrogen-bond donors (Lipinski definition) is 1. The van der Waals surface area contributed by atoms with E-state index in [-0.39, 0.29) is 5.97 Å². The first-order valence-corrected chi connectivity index (χ1v) is 5.10. The largest absolute Gasteiger partial charge is 0.462 e. The highest BCUT2D eigenvalue weighted by molar-refractivity contribution is 7.08. The van der Waals surface area contributed by atoms with Crippen molar-refractivity contribution in [1.82, 2.24) is 5.32 Å². The van der Waals surface area contributed by atoms with Crippen LogP contribution in [0.5, 0.6) is 0 Å². The summed E-state index contributed by atoms with van der Waals surface area (Å²) in [5, 5.41) is 6.79. The molecule has 1 aromatic rings. The second-order valence-electron chi connectivity index (χ2n) is 2.56. The second kappa shape index (κ2) is 4.99. The average molecular weight is 199 g/mol. The molecule has 4 heteroatoms.